The van der Waals surface area contributed by atoms with Crippen molar-refractivity contribution in [2.45, 2.75) is 26.2 Å². The molecule has 0 bridgehead atoms. The highest BCUT2D eigenvalue weighted by Gasteiger charge is 2.32. The zero-order valence-corrected chi connectivity index (χ0v) is 12.0. The number of nitrogens with one attached hydrogen (secondary N) is 1. The summed E-state index contributed by atoms with van der Waals surface area (Å²) in [4.78, 5) is 11.9. The van der Waals surface area contributed by atoms with E-state index in [0.29, 0.717) is 12.3 Å². The Labute approximate surface area is 114 Å². The molecule has 0 aliphatic carbocycles. The Balaban J connectivity index is 1.99. The van der Waals surface area contributed by atoms with Crippen LogP contribution in [0.5, 0.6) is 0 Å². The fourth-order valence-electron chi connectivity index (χ4n) is 2.20. The normalized spacial score (nSPS) is 21.5. The fourth-order valence-corrected chi connectivity index (χ4v) is 3.94. The number of hydrogen-bond donors (Lipinski definition) is 1. The zero-order valence-electron chi connectivity index (χ0n) is 11.2. The van der Waals surface area contributed by atoms with Gasteiger partial charge in [0.25, 0.3) is 0 Å². The molecule has 2 rings (SSSR count). The zero-order chi connectivity index (χ0) is 14.0. The molecule has 5 heteroatoms. The van der Waals surface area contributed by atoms with E-state index in [-0.39, 0.29) is 17.4 Å². The van der Waals surface area contributed by atoms with Crippen LogP contribution in [-0.4, -0.2) is 25.8 Å². The van der Waals surface area contributed by atoms with E-state index in [1.165, 1.54) is 5.56 Å². The number of rotatable bonds is 3. The first-order valence-electron chi connectivity index (χ1n) is 6.48. The highest BCUT2D eigenvalue weighted by Crippen LogP contribution is 2.21. The van der Waals surface area contributed by atoms with Crippen molar-refractivity contribution in [3.8, 4) is 0 Å². The summed E-state index contributed by atoms with van der Waals surface area (Å²) in [5.74, 6) is -0.0572. The fraction of sp³-hybridized carbons (Fsp3) is 0.500. The van der Waals surface area contributed by atoms with Gasteiger partial charge in [0.1, 0.15) is 0 Å². The molecule has 1 fully saturated rings. The number of amides is 1. The van der Waals surface area contributed by atoms with Gasteiger partial charge >= 0.3 is 0 Å². The molecule has 1 amide bonds. The minimum absolute atomic E-state index is 0.0249. The molecule has 0 saturated carbocycles. The van der Waals surface area contributed by atoms with Crippen LogP contribution < -0.4 is 5.32 Å². The summed E-state index contributed by atoms with van der Waals surface area (Å²) in [6.45, 7) is 4.22. The summed E-state index contributed by atoms with van der Waals surface area (Å²) in [5, 5.41) is 2.78. The van der Waals surface area contributed by atoms with Crippen LogP contribution in [0.15, 0.2) is 24.3 Å². The number of benzene rings is 1. The molecule has 1 unspecified atom stereocenters. The lowest BCUT2D eigenvalue weighted by Crippen LogP contribution is -2.23. The van der Waals surface area contributed by atoms with Gasteiger partial charge in [0.05, 0.1) is 17.4 Å². The molecular formula is C14H19NO3S. The summed E-state index contributed by atoms with van der Waals surface area (Å²) >= 11 is 0. The standard InChI is InChI=1S/C14H19NO3S/c1-10(2)11-3-5-13(6-4-11)15-14(16)12-7-8-19(17,18)9-12/h3-6,10,12H,7-9H2,1-2H3,(H,15,16). The molecule has 1 saturated heterocycles. The number of hydrogen-bond acceptors (Lipinski definition) is 3. The molecular weight excluding hydrogens is 262 g/mol. The van der Waals surface area contributed by atoms with Crippen LogP contribution in [-0.2, 0) is 14.6 Å². The molecule has 1 atom stereocenters. The maximum absolute atomic E-state index is 11.9. The van der Waals surface area contributed by atoms with E-state index >= 15 is 0 Å². The van der Waals surface area contributed by atoms with E-state index in [0.717, 1.165) is 5.69 Å². The van der Waals surface area contributed by atoms with Crippen molar-refractivity contribution in [2.24, 2.45) is 5.92 Å². The average Bonchev–Trinajstić information content (AvgIpc) is 2.70. The Morgan fingerprint density at radius 1 is 1.26 bits per heavy atom. The summed E-state index contributed by atoms with van der Waals surface area (Å²) in [6.07, 6.45) is 0.429. The summed E-state index contributed by atoms with van der Waals surface area (Å²) in [5.41, 5.74) is 1.93. The summed E-state index contributed by atoms with van der Waals surface area (Å²) < 4.78 is 22.7. The highest BCUT2D eigenvalue weighted by atomic mass is 32.2. The Bertz CT molecular complexity index is 561. The quantitative estimate of drug-likeness (QED) is 0.923. The second-order valence-electron chi connectivity index (χ2n) is 5.37. The average molecular weight is 281 g/mol. The second-order valence-corrected chi connectivity index (χ2v) is 7.59. The van der Waals surface area contributed by atoms with Crippen LogP contribution in [0.25, 0.3) is 0 Å². The van der Waals surface area contributed by atoms with Crippen LogP contribution in [0.3, 0.4) is 0 Å². The molecule has 1 aromatic carbocycles. The van der Waals surface area contributed by atoms with Crippen molar-refractivity contribution < 1.29 is 13.2 Å². The molecule has 0 aromatic heterocycles. The number of sulfone groups is 1. The van der Waals surface area contributed by atoms with E-state index in [4.69, 9.17) is 0 Å². The van der Waals surface area contributed by atoms with Crippen LogP contribution in [0.1, 0.15) is 31.7 Å². The van der Waals surface area contributed by atoms with Crippen LogP contribution in [0, 0.1) is 5.92 Å². The molecule has 1 aromatic rings. The molecule has 1 heterocycles. The highest BCUT2D eigenvalue weighted by molar-refractivity contribution is 7.91. The van der Waals surface area contributed by atoms with E-state index in [9.17, 15) is 13.2 Å². The van der Waals surface area contributed by atoms with E-state index < -0.39 is 15.8 Å². The van der Waals surface area contributed by atoms with Gasteiger partial charge in [0.15, 0.2) is 9.84 Å². The van der Waals surface area contributed by atoms with Gasteiger partial charge in [-0.3, -0.25) is 4.79 Å². The predicted molar refractivity (Wildman–Crippen MR) is 75.9 cm³/mol. The van der Waals surface area contributed by atoms with Gasteiger partial charge in [-0.05, 0) is 30.0 Å². The SMILES string of the molecule is CC(C)c1ccc(NC(=O)C2CCS(=O)(=O)C2)cc1. The molecule has 1 aliphatic rings. The van der Waals surface area contributed by atoms with Gasteiger partial charge < -0.3 is 5.32 Å². The first-order chi connectivity index (χ1) is 8.87. The molecule has 19 heavy (non-hydrogen) atoms. The van der Waals surface area contributed by atoms with Crippen molar-refractivity contribution in [1.82, 2.24) is 0 Å². The topological polar surface area (TPSA) is 63.2 Å². The molecule has 0 radical (unpaired) electrons. The first-order valence-corrected chi connectivity index (χ1v) is 8.31. The van der Waals surface area contributed by atoms with Gasteiger partial charge in [-0.2, -0.15) is 0 Å². The van der Waals surface area contributed by atoms with Crippen molar-refractivity contribution in [3.63, 3.8) is 0 Å². The Morgan fingerprint density at radius 2 is 1.89 bits per heavy atom. The number of carbonyl (C=O) groups excluding carboxylic acids is 1. The third kappa shape index (κ3) is 3.56. The van der Waals surface area contributed by atoms with Crippen LogP contribution >= 0.6 is 0 Å². The van der Waals surface area contributed by atoms with Gasteiger partial charge in [-0.25, -0.2) is 8.42 Å². The molecule has 0 spiro atoms. The molecule has 1 aliphatic heterocycles. The maximum Gasteiger partial charge on any atom is 0.228 e. The van der Waals surface area contributed by atoms with Crippen LogP contribution in [0.2, 0.25) is 0 Å². The van der Waals surface area contributed by atoms with Crippen LogP contribution in [0.4, 0.5) is 5.69 Å². The second kappa shape index (κ2) is 5.33. The molecule has 1 N–H and O–H groups in total. The van der Waals surface area contributed by atoms with Crippen molar-refractivity contribution in [1.29, 1.82) is 0 Å². The largest absolute Gasteiger partial charge is 0.326 e. The lowest BCUT2D eigenvalue weighted by atomic mass is 10.0. The van der Waals surface area contributed by atoms with Gasteiger partial charge in [-0.1, -0.05) is 26.0 Å². The van der Waals surface area contributed by atoms with E-state index in [1.807, 2.05) is 24.3 Å². The monoisotopic (exact) mass is 281 g/mol. The maximum atomic E-state index is 11.9. The van der Waals surface area contributed by atoms with E-state index in [2.05, 4.69) is 19.2 Å². The Hall–Kier alpha value is -1.36. The van der Waals surface area contributed by atoms with Crippen molar-refractivity contribution >= 4 is 21.4 Å². The lowest BCUT2D eigenvalue weighted by Gasteiger charge is -2.11. The van der Waals surface area contributed by atoms with E-state index in [1.54, 1.807) is 0 Å². The van der Waals surface area contributed by atoms with Gasteiger partial charge in [0, 0.05) is 5.69 Å². The lowest BCUT2D eigenvalue weighted by molar-refractivity contribution is -0.119. The van der Waals surface area contributed by atoms with Gasteiger partial charge in [0.2, 0.25) is 5.91 Å². The number of carbonyl (C=O) groups is 1. The third-order valence-electron chi connectivity index (χ3n) is 3.45. The van der Waals surface area contributed by atoms with Gasteiger partial charge in [-0.15, -0.1) is 0 Å². The smallest absolute Gasteiger partial charge is 0.228 e. The Kier molecular flexibility index (Phi) is 3.94. The summed E-state index contributed by atoms with van der Waals surface area (Å²) in [6, 6.07) is 7.67. The van der Waals surface area contributed by atoms with Crippen molar-refractivity contribution in [3.05, 3.63) is 29.8 Å². The third-order valence-corrected chi connectivity index (χ3v) is 5.22. The summed E-state index contributed by atoms with van der Waals surface area (Å²) in [7, 11) is -3.01. The first kappa shape index (κ1) is 14.1. The molecule has 4 nitrogen and oxygen atoms in total. The predicted octanol–water partition coefficient (Wildman–Crippen LogP) is 2.18. The Morgan fingerprint density at radius 3 is 2.37 bits per heavy atom. The van der Waals surface area contributed by atoms with Crippen molar-refractivity contribution in [2.75, 3.05) is 16.8 Å². The molecule has 104 valence electrons. The minimum atomic E-state index is -3.01. The minimum Gasteiger partial charge on any atom is -0.326 e. The number of anilines is 1.